The van der Waals surface area contributed by atoms with Gasteiger partial charge in [-0.3, -0.25) is 4.79 Å². The van der Waals surface area contributed by atoms with Gasteiger partial charge in [0.2, 0.25) is 0 Å². The zero-order valence-electron chi connectivity index (χ0n) is 12.2. The Morgan fingerprint density at radius 2 is 1.23 bits per heavy atom. The van der Waals surface area contributed by atoms with Crippen molar-refractivity contribution >= 4 is 11.6 Å². The van der Waals surface area contributed by atoms with Gasteiger partial charge in [0, 0.05) is 11.3 Å². The molecular weight excluding hydrogens is 270 g/mol. The van der Waals surface area contributed by atoms with Crippen molar-refractivity contribution in [1.29, 1.82) is 0 Å². The fraction of sp³-hybridized carbons (Fsp3) is 0.0500. The van der Waals surface area contributed by atoms with Crippen LogP contribution in [-0.2, 0) is 6.42 Å². The fourth-order valence-corrected chi connectivity index (χ4v) is 2.33. The third kappa shape index (κ3) is 3.61. The number of carbonyl (C=O) groups excluding carboxylic acids is 1. The first-order valence-corrected chi connectivity index (χ1v) is 7.30. The molecule has 0 aliphatic heterocycles. The van der Waals surface area contributed by atoms with E-state index < -0.39 is 0 Å². The highest BCUT2D eigenvalue weighted by Crippen LogP contribution is 2.12. The second-order valence-corrected chi connectivity index (χ2v) is 5.18. The molecule has 3 rings (SSSR count). The molecule has 3 aromatic rings. The Kier molecular flexibility index (Phi) is 4.30. The SMILES string of the molecule is O=C(Nc1ccccc1)c1ccc(Cc2ccccc2)cc1. The predicted molar refractivity (Wildman–Crippen MR) is 90.1 cm³/mol. The van der Waals surface area contributed by atoms with E-state index in [4.69, 9.17) is 0 Å². The van der Waals surface area contributed by atoms with Gasteiger partial charge in [0.05, 0.1) is 0 Å². The zero-order valence-corrected chi connectivity index (χ0v) is 12.2. The number of carbonyl (C=O) groups is 1. The normalized spacial score (nSPS) is 10.2. The van der Waals surface area contributed by atoms with E-state index in [0.717, 1.165) is 12.1 Å². The van der Waals surface area contributed by atoms with Gasteiger partial charge >= 0.3 is 0 Å². The molecule has 3 aromatic carbocycles. The van der Waals surface area contributed by atoms with Crippen LogP contribution in [-0.4, -0.2) is 5.91 Å². The number of hydrogen-bond acceptors (Lipinski definition) is 1. The Morgan fingerprint density at radius 1 is 0.682 bits per heavy atom. The predicted octanol–water partition coefficient (Wildman–Crippen LogP) is 4.53. The van der Waals surface area contributed by atoms with Crippen molar-refractivity contribution < 1.29 is 4.79 Å². The smallest absolute Gasteiger partial charge is 0.255 e. The van der Waals surface area contributed by atoms with Crippen LogP contribution in [0.2, 0.25) is 0 Å². The maximum Gasteiger partial charge on any atom is 0.255 e. The summed E-state index contributed by atoms with van der Waals surface area (Å²) in [5.74, 6) is -0.0857. The van der Waals surface area contributed by atoms with Gasteiger partial charge in [-0.2, -0.15) is 0 Å². The van der Waals surface area contributed by atoms with Gasteiger partial charge in [-0.15, -0.1) is 0 Å². The summed E-state index contributed by atoms with van der Waals surface area (Å²) < 4.78 is 0. The first-order valence-electron chi connectivity index (χ1n) is 7.30. The van der Waals surface area contributed by atoms with E-state index >= 15 is 0 Å². The maximum atomic E-state index is 12.2. The summed E-state index contributed by atoms with van der Waals surface area (Å²) in [5.41, 5.74) is 3.94. The minimum atomic E-state index is -0.0857. The standard InChI is InChI=1S/C20H17NO/c22-20(21-19-9-5-2-6-10-19)18-13-11-17(12-14-18)15-16-7-3-1-4-8-16/h1-14H,15H2,(H,21,22). The van der Waals surface area contributed by atoms with Crippen molar-refractivity contribution in [3.63, 3.8) is 0 Å². The average molecular weight is 287 g/mol. The highest BCUT2D eigenvalue weighted by Gasteiger charge is 2.05. The lowest BCUT2D eigenvalue weighted by molar-refractivity contribution is 0.102. The van der Waals surface area contributed by atoms with Crippen LogP contribution in [0.4, 0.5) is 5.69 Å². The molecule has 0 spiro atoms. The molecule has 2 heteroatoms. The first-order chi connectivity index (χ1) is 10.8. The number of anilines is 1. The Labute approximate surface area is 130 Å². The minimum Gasteiger partial charge on any atom is -0.322 e. The monoisotopic (exact) mass is 287 g/mol. The summed E-state index contributed by atoms with van der Waals surface area (Å²) in [6.07, 6.45) is 0.876. The zero-order chi connectivity index (χ0) is 15.2. The van der Waals surface area contributed by atoms with E-state index in [0.29, 0.717) is 5.56 Å². The van der Waals surface area contributed by atoms with Crippen LogP contribution >= 0.6 is 0 Å². The first kappa shape index (κ1) is 14.1. The van der Waals surface area contributed by atoms with Crippen LogP contribution < -0.4 is 5.32 Å². The molecule has 0 aliphatic rings. The molecule has 0 heterocycles. The van der Waals surface area contributed by atoms with E-state index in [1.54, 1.807) is 0 Å². The molecule has 22 heavy (non-hydrogen) atoms. The Balaban J connectivity index is 1.67. The van der Waals surface area contributed by atoms with Crippen molar-refractivity contribution in [3.05, 3.63) is 102 Å². The number of rotatable bonds is 4. The molecule has 0 bridgehead atoms. The highest BCUT2D eigenvalue weighted by atomic mass is 16.1. The van der Waals surface area contributed by atoms with E-state index in [2.05, 4.69) is 17.4 Å². The van der Waals surface area contributed by atoms with Crippen molar-refractivity contribution in [2.75, 3.05) is 5.32 Å². The summed E-state index contributed by atoms with van der Waals surface area (Å²) in [4.78, 5) is 12.2. The number of hydrogen-bond donors (Lipinski definition) is 1. The Hall–Kier alpha value is -2.87. The molecular formula is C20H17NO. The van der Waals surface area contributed by atoms with Gasteiger partial charge in [0.15, 0.2) is 0 Å². The topological polar surface area (TPSA) is 29.1 Å². The fourth-order valence-electron chi connectivity index (χ4n) is 2.33. The average Bonchev–Trinajstić information content (AvgIpc) is 2.57. The second kappa shape index (κ2) is 6.72. The van der Waals surface area contributed by atoms with Gasteiger partial charge in [-0.1, -0.05) is 60.7 Å². The van der Waals surface area contributed by atoms with Gasteiger partial charge in [-0.05, 0) is 41.8 Å². The summed E-state index contributed by atoms with van der Waals surface area (Å²) in [6, 6.07) is 27.5. The number of amides is 1. The van der Waals surface area contributed by atoms with E-state index in [9.17, 15) is 4.79 Å². The molecule has 0 saturated carbocycles. The van der Waals surface area contributed by atoms with Crippen LogP contribution in [0.1, 0.15) is 21.5 Å². The Bertz CT molecular complexity index is 734. The van der Waals surface area contributed by atoms with E-state index in [1.807, 2.05) is 72.8 Å². The van der Waals surface area contributed by atoms with Crippen molar-refractivity contribution in [1.82, 2.24) is 0 Å². The molecule has 1 amide bonds. The molecule has 2 nitrogen and oxygen atoms in total. The summed E-state index contributed by atoms with van der Waals surface area (Å²) >= 11 is 0. The minimum absolute atomic E-state index is 0.0857. The van der Waals surface area contributed by atoms with Crippen molar-refractivity contribution in [2.24, 2.45) is 0 Å². The van der Waals surface area contributed by atoms with Crippen LogP contribution in [0.15, 0.2) is 84.9 Å². The summed E-state index contributed by atoms with van der Waals surface area (Å²) in [7, 11) is 0. The van der Waals surface area contributed by atoms with Crippen LogP contribution in [0.5, 0.6) is 0 Å². The second-order valence-electron chi connectivity index (χ2n) is 5.18. The van der Waals surface area contributed by atoms with E-state index in [1.165, 1.54) is 11.1 Å². The molecule has 0 fully saturated rings. The molecule has 0 aliphatic carbocycles. The molecule has 0 saturated heterocycles. The van der Waals surface area contributed by atoms with Crippen molar-refractivity contribution in [3.8, 4) is 0 Å². The van der Waals surface area contributed by atoms with Crippen molar-refractivity contribution in [2.45, 2.75) is 6.42 Å². The summed E-state index contributed by atoms with van der Waals surface area (Å²) in [5, 5.41) is 2.89. The molecule has 1 N–H and O–H groups in total. The lowest BCUT2D eigenvalue weighted by Gasteiger charge is -2.06. The number of benzene rings is 3. The van der Waals surface area contributed by atoms with E-state index in [-0.39, 0.29) is 5.91 Å². The number of para-hydroxylation sites is 1. The molecule has 0 atom stereocenters. The molecule has 108 valence electrons. The van der Waals surface area contributed by atoms with Gasteiger partial charge in [0.1, 0.15) is 0 Å². The molecule has 0 radical (unpaired) electrons. The largest absolute Gasteiger partial charge is 0.322 e. The van der Waals surface area contributed by atoms with Gasteiger partial charge in [0.25, 0.3) is 5.91 Å². The van der Waals surface area contributed by atoms with Gasteiger partial charge < -0.3 is 5.32 Å². The quantitative estimate of drug-likeness (QED) is 0.750. The highest BCUT2D eigenvalue weighted by molar-refractivity contribution is 6.04. The third-order valence-electron chi connectivity index (χ3n) is 3.50. The molecule has 0 aromatic heterocycles. The van der Waals surface area contributed by atoms with Crippen LogP contribution in [0.25, 0.3) is 0 Å². The third-order valence-corrected chi connectivity index (χ3v) is 3.50. The van der Waals surface area contributed by atoms with Crippen LogP contribution in [0, 0.1) is 0 Å². The van der Waals surface area contributed by atoms with Crippen LogP contribution in [0.3, 0.4) is 0 Å². The maximum absolute atomic E-state index is 12.2. The molecule has 0 unspecified atom stereocenters. The summed E-state index contributed by atoms with van der Waals surface area (Å²) in [6.45, 7) is 0. The lowest BCUT2D eigenvalue weighted by Crippen LogP contribution is -2.11. The number of nitrogens with one attached hydrogen (secondary N) is 1. The lowest BCUT2D eigenvalue weighted by atomic mass is 10.0. The Morgan fingerprint density at radius 3 is 1.86 bits per heavy atom. The van der Waals surface area contributed by atoms with Gasteiger partial charge in [-0.25, -0.2) is 0 Å².